The number of guanidine groups is 1. The van der Waals surface area contributed by atoms with Crippen molar-refractivity contribution in [3.63, 3.8) is 0 Å². The predicted molar refractivity (Wildman–Crippen MR) is 109 cm³/mol. The number of thiophene rings is 1. The van der Waals surface area contributed by atoms with Gasteiger partial charge in [-0.05, 0) is 22.6 Å². The fraction of sp³-hybridized carbons (Fsp3) is 0.300. The van der Waals surface area contributed by atoms with Crippen LogP contribution in [0, 0.1) is 0 Å². The van der Waals surface area contributed by atoms with Crippen LogP contribution in [0.4, 0.5) is 0 Å². The van der Waals surface area contributed by atoms with Gasteiger partial charge in [-0.15, -0.1) is 11.3 Å². The number of benzene rings is 1. The van der Waals surface area contributed by atoms with Gasteiger partial charge < -0.3 is 15.2 Å². The van der Waals surface area contributed by atoms with Crippen molar-refractivity contribution in [1.82, 2.24) is 20.2 Å². The molecule has 0 radical (unpaired) electrons. The van der Waals surface area contributed by atoms with Crippen LogP contribution >= 0.6 is 11.3 Å². The van der Waals surface area contributed by atoms with Gasteiger partial charge in [0.15, 0.2) is 5.96 Å². The quantitative estimate of drug-likeness (QED) is 0.497. The van der Waals surface area contributed by atoms with Gasteiger partial charge in [0.25, 0.3) is 0 Å². The summed E-state index contributed by atoms with van der Waals surface area (Å²) in [5, 5.41) is 8.90. The maximum Gasteiger partial charge on any atom is 0.191 e. The lowest BCUT2D eigenvalue weighted by atomic mass is 10.1. The van der Waals surface area contributed by atoms with Crippen LogP contribution in [0.3, 0.4) is 0 Å². The molecule has 0 aliphatic rings. The molecule has 2 N–H and O–H groups in total. The number of hydrogen-bond acceptors (Lipinski definition) is 3. The number of nitrogens with one attached hydrogen (secondary N) is 2. The Kier molecular flexibility index (Phi) is 6.44. The van der Waals surface area contributed by atoms with Crippen molar-refractivity contribution in [3.8, 4) is 0 Å². The third-order valence-corrected chi connectivity index (χ3v) is 5.34. The molecular formula is C20H25N5S. The van der Waals surface area contributed by atoms with E-state index in [1.165, 1.54) is 16.0 Å². The highest BCUT2D eigenvalue weighted by molar-refractivity contribution is 7.10. The van der Waals surface area contributed by atoms with Crippen molar-refractivity contribution in [3.05, 3.63) is 76.5 Å². The largest absolute Gasteiger partial charge is 0.356 e. The second-order valence-electron chi connectivity index (χ2n) is 6.27. The summed E-state index contributed by atoms with van der Waals surface area (Å²) in [5.41, 5.74) is 2.49. The van der Waals surface area contributed by atoms with Crippen LogP contribution in [0.5, 0.6) is 0 Å². The van der Waals surface area contributed by atoms with Crippen LogP contribution in [0.25, 0.3) is 0 Å². The second-order valence-corrected chi connectivity index (χ2v) is 7.25. The highest BCUT2D eigenvalue weighted by Gasteiger charge is 2.07. The Hall–Kier alpha value is -2.60. The summed E-state index contributed by atoms with van der Waals surface area (Å²) in [6, 6.07) is 12.9. The van der Waals surface area contributed by atoms with Crippen LogP contribution in [-0.4, -0.2) is 29.1 Å². The lowest BCUT2D eigenvalue weighted by Crippen LogP contribution is -2.38. The molecule has 3 rings (SSSR count). The van der Waals surface area contributed by atoms with Crippen LogP contribution in [0.2, 0.25) is 0 Å². The van der Waals surface area contributed by atoms with E-state index in [2.05, 4.69) is 73.9 Å². The van der Waals surface area contributed by atoms with Crippen LogP contribution < -0.4 is 10.6 Å². The lowest BCUT2D eigenvalue weighted by Gasteiger charge is -2.15. The summed E-state index contributed by atoms with van der Waals surface area (Å²) in [4.78, 5) is 9.78. The maximum absolute atomic E-state index is 4.31. The van der Waals surface area contributed by atoms with E-state index in [0.29, 0.717) is 5.92 Å². The van der Waals surface area contributed by atoms with E-state index < -0.39 is 0 Å². The molecule has 5 nitrogen and oxygen atoms in total. The third-order valence-electron chi connectivity index (χ3n) is 4.24. The van der Waals surface area contributed by atoms with Crippen molar-refractivity contribution in [2.75, 3.05) is 13.6 Å². The van der Waals surface area contributed by atoms with Crippen molar-refractivity contribution in [2.45, 2.75) is 25.9 Å². The average molecular weight is 368 g/mol. The first-order valence-corrected chi connectivity index (χ1v) is 9.64. The summed E-state index contributed by atoms with van der Waals surface area (Å²) in [6.45, 7) is 4.69. The highest BCUT2D eigenvalue weighted by Crippen LogP contribution is 2.19. The summed E-state index contributed by atoms with van der Waals surface area (Å²) in [5.74, 6) is 1.30. The van der Waals surface area contributed by atoms with E-state index in [4.69, 9.17) is 0 Å². The topological polar surface area (TPSA) is 54.2 Å². The predicted octanol–water partition coefficient (Wildman–Crippen LogP) is 3.46. The van der Waals surface area contributed by atoms with Crippen LogP contribution in [-0.2, 0) is 13.1 Å². The molecule has 0 saturated heterocycles. The third kappa shape index (κ3) is 5.20. The molecule has 136 valence electrons. The molecule has 1 aromatic carbocycles. The van der Waals surface area contributed by atoms with Crippen molar-refractivity contribution in [1.29, 1.82) is 0 Å². The zero-order valence-electron chi connectivity index (χ0n) is 15.2. The minimum atomic E-state index is 0.469. The van der Waals surface area contributed by atoms with Gasteiger partial charge in [-0.2, -0.15) is 0 Å². The molecule has 26 heavy (non-hydrogen) atoms. The summed E-state index contributed by atoms with van der Waals surface area (Å²) < 4.78 is 2.06. The molecule has 0 bridgehead atoms. The van der Waals surface area contributed by atoms with Gasteiger partial charge in [-0.25, -0.2) is 4.98 Å². The van der Waals surface area contributed by atoms with Gasteiger partial charge in [-0.1, -0.05) is 37.3 Å². The number of nitrogens with zero attached hydrogens (tertiary/aromatic N) is 3. The lowest BCUT2D eigenvalue weighted by molar-refractivity contribution is 0.708. The molecule has 0 amide bonds. The van der Waals surface area contributed by atoms with Gasteiger partial charge in [0.1, 0.15) is 0 Å². The minimum absolute atomic E-state index is 0.469. The molecule has 2 heterocycles. The Morgan fingerprint density at radius 1 is 1.19 bits per heavy atom. The Morgan fingerprint density at radius 2 is 2.00 bits per heavy atom. The van der Waals surface area contributed by atoms with E-state index in [9.17, 15) is 0 Å². The summed E-state index contributed by atoms with van der Waals surface area (Å²) >= 11 is 1.80. The fourth-order valence-electron chi connectivity index (χ4n) is 2.68. The Labute approximate surface area is 158 Å². The Balaban J connectivity index is 1.46. The monoisotopic (exact) mass is 367 g/mol. The van der Waals surface area contributed by atoms with Gasteiger partial charge in [0.05, 0.1) is 6.33 Å². The first-order chi connectivity index (χ1) is 12.7. The van der Waals surface area contributed by atoms with Gasteiger partial charge >= 0.3 is 0 Å². The minimum Gasteiger partial charge on any atom is -0.356 e. The van der Waals surface area contributed by atoms with Crippen molar-refractivity contribution >= 4 is 17.3 Å². The van der Waals surface area contributed by atoms with Gasteiger partial charge in [0.2, 0.25) is 0 Å². The fourth-order valence-corrected chi connectivity index (χ4v) is 3.47. The standard InChI is InChI=1S/C20H25N5S/c1-16(19-4-3-11-26-19)12-23-20(21-2)24-13-17-5-7-18(8-6-17)14-25-10-9-22-15-25/h3-11,15-16H,12-14H2,1-2H3,(H2,21,23,24). The van der Waals surface area contributed by atoms with Crippen molar-refractivity contribution < 1.29 is 0 Å². The zero-order valence-corrected chi connectivity index (χ0v) is 16.0. The second kappa shape index (κ2) is 9.20. The SMILES string of the molecule is CN=C(NCc1ccc(Cn2ccnc2)cc1)NCC(C)c1cccs1. The molecule has 3 aromatic rings. The van der Waals surface area contributed by atoms with Gasteiger partial charge in [0, 0.05) is 49.9 Å². The van der Waals surface area contributed by atoms with E-state index in [-0.39, 0.29) is 0 Å². The molecular weight excluding hydrogens is 342 g/mol. The number of imidazole rings is 1. The molecule has 1 unspecified atom stereocenters. The molecule has 0 saturated carbocycles. The van der Waals surface area contributed by atoms with Crippen LogP contribution in [0.1, 0.15) is 28.8 Å². The first kappa shape index (κ1) is 18.2. The molecule has 6 heteroatoms. The molecule has 0 aliphatic heterocycles. The first-order valence-electron chi connectivity index (χ1n) is 8.76. The number of hydrogen-bond donors (Lipinski definition) is 2. The normalized spacial score (nSPS) is 12.8. The molecule has 0 aliphatic carbocycles. The van der Waals surface area contributed by atoms with E-state index in [1.54, 1.807) is 24.6 Å². The maximum atomic E-state index is 4.31. The number of aliphatic imine (C=N–C) groups is 1. The van der Waals surface area contributed by atoms with E-state index in [1.807, 2.05) is 12.5 Å². The zero-order chi connectivity index (χ0) is 18.2. The van der Waals surface area contributed by atoms with Crippen LogP contribution in [0.15, 0.2) is 65.5 Å². The smallest absolute Gasteiger partial charge is 0.191 e. The Bertz CT molecular complexity index is 791. The van der Waals surface area contributed by atoms with E-state index >= 15 is 0 Å². The summed E-state index contributed by atoms with van der Waals surface area (Å²) in [7, 11) is 1.80. The van der Waals surface area contributed by atoms with Gasteiger partial charge in [-0.3, -0.25) is 4.99 Å². The molecule has 1 atom stereocenters. The average Bonchev–Trinajstić information content (AvgIpc) is 3.37. The molecule has 2 aromatic heterocycles. The summed E-state index contributed by atoms with van der Waals surface area (Å²) in [6.07, 6.45) is 5.61. The van der Waals surface area contributed by atoms with E-state index in [0.717, 1.165) is 25.6 Å². The number of aromatic nitrogens is 2. The molecule has 0 spiro atoms. The highest BCUT2D eigenvalue weighted by atomic mass is 32.1. The molecule has 0 fully saturated rings. The van der Waals surface area contributed by atoms with Crippen molar-refractivity contribution in [2.24, 2.45) is 4.99 Å². The number of rotatable bonds is 7. The Morgan fingerprint density at radius 3 is 2.65 bits per heavy atom.